The average molecular weight is 397 g/mol. The smallest absolute Gasteiger partial charge is 0.263 e. The Labute approximate surface area is 168 Å². The zero-order chi connectivity index (χ0) is 19.9. The van der Waals surface area contributed by atoms with Crippen molar-refractivity contribution in [1.29, 1.82) is 0 Å². The summed E-state index contributed by atoms with van der Waals surface area (Å²) in [4.78, 5) is 29.3. The molecule has 146 valence electrons. The number of anilines is 2. The number of nitrogen functional groups attached to an aromatic ring is 1. The van der Waals surface area contributed by atoms with Gasteiger partial charge in [-0.05, 0) is 31.9 Å². The number of nitrogens with zero attached hydrogens (tertiary/aromatic N) is 4. The molecule has 4 heterocycles. The zero-order valence-corrected chi connectivity index (χ0v) is 17.1. The molecule has 1 aliphatic heterocycles. The Morgan fingerprint density at radius 1 is 1.36 bits per heavy atom. The van der Waals surface area contributed by atoms with Crippen LogP contribution in [0.15, 0.2) is 24.5 Å². The van der Waals surface area contributed by atoms with E-state index in [2.05, 4.69) is 27.1 Å². The number of hydrogen-bond donors (Lipinski definition) is 2. The lowest BCUT2D eigenvalue weighted by Crippen LogP contribution is -2.45. The van der Waals surface area contributed by atoms with Crippen molar-refractivity contribution in [2.24, 2.45) is 0 Å². The van der Waals surface area contributed by atoms with Gasteiger partial charge >= 0.3 is 0 Å². The summed E-state index contributed by atoms with van der Waals surface area (Å²) < 4.78 is 0. The third kappa shape index (κ3) is 3.17. The van der Waals surface area contributed by atoms with Crippen molar-refractivity contribution in [3.05, 3.63) is 40.8 Å². The van der Waals surface area contributed by atoms with E-state index >= 15 is 0 Å². The Hall–Kier alpha value is -2.74. The van der Waals surface area contributed by atoms with Gasteiger partial charge in [0.25, 0.3) is 5.91 Å². The number of hydrogen-bond acceptors (Lipinski definition) is 7. The zero-order valence-electron chi connectivity index (χ0n) is 16.3. The summed E-state index contributed by atoms with van der Waals surface area (Å²) in [5.74, 6) is 0.790. The molecular weight excluding hydrogens is 372 g/mol. The van der Waals surface area contributed by atoms with Crippen LogP contribution in [-0.2, 0) is 5.41 Å². The van der Waals surface area contributed by atoms with E-state index in [1.54, 1.807) is 13.4 Å². The fraction of sp³-hybridized carbons (Fsp3) is 0.400. The maximum Gasteiger partial charge on any atom is 0.263 e. The van der Waals surface area contributed by atoms with Crippen molar-refractivity contribution in [2.75, 3.05) is 30.8 Å². The molecule has 0 radical (unpaired) electrons. The van der Waals surface area contributed by atoms with Gasteiger partial charge in [0.2, 0.25) is 0 Å². The molecule has 0 saturated carbocycles. The molecule has 4 rings (SSSR count). The second-order valence-corrected chi connectivity index (χ2v) is 8.58. The van der Waals surface area contributed by atoms with Crippen LogP contribution >= 0.6 is 11.3 Å². The molecular formula is C20H24N6OS. The number of nitrogens with one attached hydrogen (secondary N) is 1. The second kappa shape index (κ2) is 7.01. The molecule has 3 aromatic heterocycles. The number of rotatable bonds is 3. The van der Waals surface area contributed by atoms with E-state index in [1.807, 2.05) is 25.1 Å². The third-order valence-corrected chi connectivity index (χ3v) is 6.57. The minimum absolute atomic E-state index is 0.1000. The molecule has 1 atom stereocenters. The van der Waals surface area contributed by atoms with E-state index in [9.17, 15) is 4.79 Å². The minimum Gasteiger partial charge on any atom is -0.397 e. The lowest BCUT2D eigenvalue weighted by molar-refractivity contribution is 0.0968. The molecule has 1 saturated heterocycles. The first-order valence-electron chi connectivity index (χ1n) is 9.36. The number of pyridine rings is 1. The van der Waals surface area contributed by atoms with Crippen LogP contribution in [0, 0.1) is 6.92 Å². The molecule has 1 fully saturated rings. The first kappa shape index (κ1) is 18.6. The molecule has 1 aliphatic rings. The topological polar surface area (TPSA) is 97.0 Å². The van der Waals surface area contributed by atoms with Crippen LogP contribution < -0.4 is 16.0 Å². The normalized spacial score (nSPS) is 19.8. The first-order valence-corrected chi connectivity index (χ1v) is 10.2. The van der Waals surface area contributed by atoms with Gasteiger partial charge in [-0.3, -0.25) is 4.79 Å². The van der Waals surface area contributed by atoms with Crippen molar-refractivity contribution in [3.8, 4) is 0 Å². The van der Waals surface area contributed by atoms with Gasteiger partial charge in [-0.2, -0.15) is 0 Å². The summed E-state index contributed by atoms with van der Waals surface area (Å²) in [5.41, 5.74) is 8.57. The average Bonchev–Trinajstić information content (AvgIpc) is 3.03. The van der Waals surface area contributed by atoms with E-state index in [0.29, 0.717) is 10.6 Å². The largest absolute Gasteiger partial charge is 0.397 e. The van der Waals surface area contributed by atoms with E-state index < -0.39 is 0 Å². The van der Waals surface area contributed by atoms with Gasteiger partial charge in [0.05, 0.1) is 5.69 Å². The van der Waals surface area contributed by atoms with E-state index in [0.717, 1.165) is 53.4 Å². The molecule has 0 aliphatic carbocycles. The highest BCUT2D eigenvalue weighted by molar-refractivity contribution is 7.21. The number of carbonyl (C=O) groups is 1. The number of aromatic nitrogens is 3. The Bertz CT molecular complexity index is 1050. The van der Waals surface area contributed by atoms with Gasteiger partial charge in [0, 0.05) is 48.4 Å². The fourth-order valence-electron chi connectivity index (χ4n) is 3.87. The Balaban J connectivity index is 1.68. The third-order valence-electron chi connectivity index (χ3n) is 5.46. The molecule has 0 unspecified atom stereocenters. The van der Waals surface area contributed by atoms with E-state index in [-0.39, 0.29) is 11.3 Å². The van der Waals surface area contributed by atoms with Crippen molar-refractivity contribution >= 4 is 39.0 Å². The summed E-state index contributed by atoms with van der Waals surface area (Å²) in [5, 5.41) is 3.48. The summed E-state index contributed by atoms with van der Waals surface area (Å²) in [6, 6.07) is 6.07. The van der Waals surface area contributed by atoms with Crippen LogP contribution in [0.4, 0.5) is 11.5 Å². The van der Waals surface area contributed by atoms with Gasteiger partial charge in [-0.1, -0.05) is 6.92 Å². The van der Waals surface area contributed by atoms with Crippen LogP contribution in [0.1, 0.15) is 40.8 Å². The Morgan fingerprint density at radius 2 is 2.18 bits per heavy atom. The monoisotopic (exact) mass is 396 g/mol. The standard InChI is InChI=1S/C20H24N6OS/c1-12-9-15(24-11-23-12)26-8-4-7-20(2,10-26)14-6-5-13-16(21)17(18(27)22-3)28-19(13)25-14/h5-6,9,11H,4,7-8,10,21H2,1-3H3,(H,22,27)/t20-/m0/s1. The fourth-order valence-corrected chi connectivity index (χ4v) is 4.91. The van der Waals surface area contributed by atoms with Gasteiger partial charge in [0.15, 0.2) is 0 Å². The number of carbonyl (C=O) groups excluding carboxylic acids is 1. The van der Waals surface area contributed by atoms with E-state index in [4.69, 9.17) is 10.7 Å². The van der Waals surface area contributed by atoms with Crippen LogP contribution in [0.3, 0.4) is 0 Å². The maximum atomic E-state index is 12.1. The van der Waals surface area contributed by atoms with E-state index in [1.165, 1.54) is 11.3 Å². The quantitative estimate of drug-likeness (QED) is 0.707. The van der Waals surface area contributed by atoms with Crippen LogP contribution in [0.2, 0.25) is 0 Å². The Morgan fingerprint density at radius 3 is 2.93 bits per heavy atom. The summed E-state index contributed by atoms with van der Waals surface area (Å²) in [7, 11) is 1.61. The molecule has 0 aromatic carbocycles. The van der Waals surface area contributed by atoms with Gasteiger partial charge in [-0.15, -0.1) is 11.3 Å². The van der Waals surface area contributed by atoms with Crippen LogP contribution in [0.25, 0.3) is 10.2 Å². The van der Waals surface area contributed by atoms with Crippen LogP contribution in [0.5, 0.6) is 0 Å². The lowest BCUT2D eigenvalue weighted by Gasteiger charge is -2.40. The molecule has 8 heteroatoms. The first-order chi connectivity index (χ1) is 13.4. The summed E-state index contributed by atoms with van der Waals surface area (Å²) in [6.45, 7) is 6.04. The van der Waals surface area contributed by atoms with Crippen molar-refractivity contribution < 1.29 is 4.79 Å². The molecule has 28 heavy (non-hydrogen) atoms. The Kier molecular flexibility index (Phi) is 4.66. The molecule has 0 bridgehead atoms. The van der Waals surface area contributed by atoms with Crippen molar-refractivity contribution in [3.63, 3.8) is 0 Å². The molecule has 1 amide bonds. The van der Waals surface area contributed by atoms with Gasteiger partial charge in [-0.25, -0.2) is 15.0 Å². The predicted octanol–water partition coefficient (Wildman–Crippen LogP) is 2.89. The number of fused-ring (bicyclic) bond motifs is 1. The number of aryl methyl sites for hydroxylation is 1. The SMILES string of the molecule is CNC(=O)c1sc2nc([C@@]3(C)CCCN(c4cc(C)ncn4)C3)ccc2c1N. The summed E-state index contributed by atoms with van der Waals surface area (Å²) >= 11 is 1.35. The van der Waals surface area contributed by atoms with Gasteiger partial charge in [0.1, 0.15) is 21.9 Å². The highest BCUT2D eigenvalue weighted by atomic mass is 32.1. The predicted molar refractivity (Wildman–Crippen MR) is 113 cm³/mol. The molecule has 0 spiro atoms. The lowest BCUT2D eigenvalue weighted by atomic mass is 9.78. The minimum atomic E-state index is -0.170. The highest BCUT2D eigenvalue weighted by Gasteiger charge is 2.35. The molecule has 7 nitrogen and oxygen atoms in total. The highest BCUT2D eigenvalue weighted by Crippen LogP contribution is 2.38. The summed E-state index contributed by atoms with van der Waals surface area (Å²) in [6.07, 6.45) is 3.74. The molecule has 3 N–H and O–H groups in total. The number of piperidine rings is 1. The number of thiophene rings is 1. The van der Waals surface area contributed by atoms with Crippen molar-refractivity contribution in [2.45, 2.75) is 32.1 Å². The number of amides is 1. The van der Waals surface area contributed by atoms with Crippen LogP contribution in [-0.4, -0.2) is 41.0 Å². The number of nitrogens with two attached hydrogens (primary N) is 1. The van der Waals surface area contributed by atoms with Gasteiger partial charge < -0.3 is 16.0 Å². The second-order valence-electron chi connectivity index (χ2n) is 7.58. The maximum absolute atomic E-state index is 12.1. The van der Waals surface area contributed by atoms with Crippen molar-refractivity contribution in [1.82, 2.24) is 20.3 Å². The molecule has 3 aromatic rings.